The highest BCUT2D eigenvalue weighted by Crippen LogP contribution is 2.28. The van der Waals surface area contributed by atoms with Gasteiger partial charge in [0.1, 0.15) is 26.4 Å². The summed E-state index contributed by atoms with van der Waals surface area (Å²) in [6, 6.07) is 0. The first-order valence-electron chi connectivity index (χ1n) is 7.15. The van der Waals surface area contributed by atoms with Crippen LogP contribution < -0.4 is 0 Å². The predicted molar refractivity (Wildman–Crippen MR) is 88.7 cm³/mol. The molecule has 24 heavy (non-hydrogen) atoms. The highest BCUT2D eigenvalue weighted by atomic mass is 16.5. The predicted octanol–water partition coefficient (Wildman–Crippen LogP) is 2.37. The molecule has 0 amide bonds. The quantitative estimate of drug-likeness (QED) is 0.404. The SMILES string of the molecule is C=CCOC1=C(OCC=C)C(=O)C(OCC=C)=C(OCC=C)C1=O. The third kappa shape index (κ3) is 4.49. The van der Waals surface area contributed by atoms with Gasteiger partial charge in [-0.15, -0.1) is 0 Å². The minimum atomic E-state index is -0.656. The van der Waals surface area contributed by atoms with E-state index in [1.807, 2.05) is 0 Å². The fourth-order valence-electron chi connectivity index (χ4n) is 1.71. The molecule has 0 aromatic rings. The summed E-state index contributed by atoms with van der Waals surface area (Å²) in [5.74, 6) is -2.34. The van der Waals surface area contributed by atoms with Crippen molar-refractivity contribution in [2.24, 2.45) is 0 Å². The van der Waals surface area contributed by atoms with Crippen LogP contribution in [0.15, 0.2) is 73.7 Å². The second-order valence-corrected chi connectivity index (χ2v) is 4.37. The number of carbonyl (C=O) groups is 2. The standard InChI is InChI=1S/C18H20O6/c1-5-9-21-15-13(19)17(23-11-7-3)18(24-12-8-4)14(20)16(15)22-10-6-2/h5-8H,1-4,9-12H2. The van der Waals surface area contributed by atoms with Crippen LogP contribution in [0.4, 0.5) is 0 Å². The molecule has 0 heterocycles. The van der Waals surface area contributed by atoms with Gasteiger partial charge in [-0.25, -0.2) is 0 Å². The second kappa shape index (κ2) is 9.89. The molecule has 0 fully saturated rings. The van der Waals surface area contributed by atoms with E-state index in [1.54, 1.807) is 0 Å². The number of Topliss-reactive ketones (excluding diaryl/α,β-unsaturated/α-hetero) is 2. The minimum Gasteiger partial charge on any atom is -0.482 e. The lowest BCUT2D eigenvalue weighted by molar-refractivity contribution is -0.126. The zero-order chi connectivity index (χ0) is 17.9. The van der Waals surface area contributed by atoms with Crippen molar-refractivity contribution in [2.45, 2.75) is 0 Å². The van der Waals surface area contributed by atoms with Crippen LogP contribution in [0.5, 0.6) is 0 Å². The minimum absolute atomic E-state index is 0.0207. The summed E-state index contributed by atoms with van der Waals surface area (Å²) in [6.45, 7) is 14.1. The molecule has 6 heteroatoms. The van der Waals surface area contributed by atoms with Crippen molar-refractivity contribution in [1.82, 2.24) is 0 Å². The number of rotatable bonds is 12. The molecule has 1 aliphatic carbocycles. The molecule has 0 radical (unpaired) electrons. The van der Waals surface area contributed by atoms with Gasteiger partial charge < -0.3 is 18.9 Å². The van der Waals surface area contributed by atoms with Crippen molar-refractivity contribution in [3.8, 4) is 0 Å². The first-order valence-corrected chi connectivity index (χ1v) is 7.15. The summed E-state index contributed by atoms with van der Waals surface area (Å²) in [6.07, 6.45) is 5.75. The molecule has 0 atom stereocenters. The molecule has 0 spiro atoms. The molecular formula is C18H20O6. The summed E-state index contributed by atoms with van der Waals surface area (Å²) in [4.78, 5) is 25.3. The van der Waals surface area contributed by atoms with E-state index in [0.717, 1.165) is 0 Å². The summed E-state index contributed by atoms with van der Waals surface area (Å²) in [5, 5.41) is 0. The largest absolute Gasteiger partial charge is 0.482 e. The van der Waals surface area contributed by atoms with Crippen molar-refractivity contribution in [2.75, 3.05) is 26.4 Å². The van der Waals surface area contributed by atoms with Crippen molar-refractivity contribution >= 4 is 11.6 Å². The van der Waals surface area contributed by atoms with Gasteiger partial charge in [-0.3, -0.25) is 9.59 Å². The maximum absolute atomic E-state index is 12.6. The number of hydrogen-bond acceptors (Lipinski definition) is 6. The van der Waals surface area contributed by atoms with E-state index in [0.29, 0.717) is 0 Å². The Morgan fingerprint density at radius 3 is 0.917 bits per heavy atom. The fraction of sp³-hybridized carbons (Fsp3) is 0.222. The Kier molecular flexibility index (Phi) is 7.84. The van der Waals surface area contributed by atoms with E-state index in [2.05, 4.69) is 26.3 Å². The Morgan fingerprint density at radius 1 is 0.542 bits per heavy atom. The van der Waals surface area contributed by atoms with Crippen LogP contribution in [-0.2, 0) is 28.5 Å². The first kappa shape index (κ1) is 19.0. The average Bonchev–Trinajstić information content (AvgIpc) is 2.59. The van der Waals surface area contributed by atoms with E-state index in [1.165, 1.54) is 24.3 Å². The molecular weight excluding hydrogens is 312 g/mol. The normalized spacial score (nSPS) is 14.2. The van der Waals surface area contributed by atoms with Gasteiger partial charge in [0.25, 0.3) is 11.6 Å². The zero-order valence-electron chi connectivity index (χ0n) is 13.4. The van der Waals surface area contributed by atoms with Crippen LogP contribution in [0.2, 0.25) is 0 Å². The molecule has 0 saturated carbocycles. The highest BCUT2D eigenvalue weighted by molar-refractivity contribution is 6.22. The Morgan fingerprint density at radius 2 is 0.750 bits per heavy atom. The van der Waals surface area contributed by atoms with Crippen LogP contribution in [-0.4, -0.2) is 38.0 Å². The number of carbonyl (C=O) groups excluding carboxylic acids is 2. The lowest BCUT2D eigenvalue weighted by Gasteiger charge is -2.22. The summed E-state index contributed by atoms with van der Waals surface area (Å²) in [7, 11) is 0. The van der Waals surface area contributed by atoms with Gasteiger partial charge in [0.2, 0.25) is 23.0 Å². The third-order valence-corrected chi connectivity index (χ3v) is 2.62. The van der Waals surface area contributed by atoms with Gasteiger partial charge in [-0.05, 0) is 0 Å². The zero-order valence-corrected chi connectivity index (χ0v) is 13.4. The van der Waals surface area contributed by atoms with Crippen molar-refractivity contribution in [3.63, 3.8) is 0 Å². The number of ether oxygens (including phenoxy) is 4. The van der Waals surface area contributed by atoms with Gasteiger partial charge in [-0.1, -0.05) is 50.6 Å². The molecule has 0 bridgehead atoms. The molecule has 0 aromatic heterocycles. The topological polar surface area (TPSA) is 71.1 Å². The van der Waals surface area contributed by atoms with Crippen LogP contribution in [0.1, 0.15) is 0 Å². The van der Waals surface area contributed by atoms with Crippen molar-refractivity contribution in [3.05, 3.63) is 73.7 Å². The Labute approximate surface area is 141 Å². The Bertz CT molecular complexity index is 507. The van der Waals surface area contributed by atoms with Gasteiger partial charge in [0.15, 0.2) is 0 Å². The molecule has 0 saturated heterocycles. The van der Waals surface area contributed by atoms with Gasteiger partial charge >= 0.3 is 0 Å². The van der Waals surface area contributed by atoms with Gasteiger partial charge in [0, 0.05) is 0 Å². The molecule has 1 aliphatic rings. The Hall–Kier alpha value is -3.02. The lowest BCUT2D eigenvalue weighted by atomic mass is 10.0. The molecule has 0 unspecified atom stereocenters. The molecule has 0 aliphatic heterocycles. The van der Waals surface area contributed by atoms with Gasteiger partial charge in [-0.2, -0.15) is 0 Å². The Balaban J connectivity index is 3.31. The summed E-state index contributed by atoms with van der Waals surface area (Å²) in [5.41, 5.74) is 0. The smallest absolute Gasteiger partial charge is 0.270 e. The van der Waals surface area contributed by atoms with Crippen molar-refractivity contribution in [1.29, 1.82) is 0 Å². The summed E-state index contributed by atoms with van der Waals surface area (Å²) >= 11 is 0. The number of hydrogen-bond donors (Lipinski definition) is 0. The summed E-state index contributed by atoms with van der Waals surface area (Å²) < 4.78 is 21.2. The van der Waals surface area contributed by atoms with E-state index < -0.39 is 11.6 Å². The maximum Gasteiger partial charge on any atom is 0.270 e. The highest BCUT2D eigenvalue weighted by Gasteiger charge is 2.40. The monoisotopic (exact) mass is 332 g/mol. The van der Waals surface area contributed by atoms with E-state index >= 15 is 0 Å². The van der Waals surface area contributed by atoms with Gasteiger partial charge in [0.05, 0.1) is 0 Å². The fourth-order valence-corrected chi connectivity index (χ4v) is 1.71. The van der Waals surface area contributed by atoms with Crippen LogP contribution in [0.3, 0.4) is 0 Å². The molecule has 0 aromatic carbocycles. The van der Waals surface area contributed by atoms with E-state index in [-0.39, 0.29) is 49.5 Å². The average molecular weight is 332 g/mol. The first-order chi connectivity index (χ1) is 11.6. The number of ketones is 2. The van der Waals surface area contributed by atoms with E-state index in [4.69, 9.17) is 18.9 Å². The molecule has 6 nitrogen and oxygen atoms in total. The van der Waals surface area contributed by atoms with Crippen LogP contribution in [0.25, 0.3) is 0 Å². The van der Waals surface area contributed by atoms with E-state index in [9.17, 15) is 9.59 Å². The maximum atomic E-state index is 12.6. The molecule has 128 valence electrons. The lowest BCUT2D eigenvalue weighted by Crippen LogP contribution is -2.29. The third-order valence-electron chi connectivity index (χ3n) is 2.62. The van der Waals surface area contributed by atoms with Crippen molar-refractivity contribution < 1.29 is 28.5 Å². The van der Waals surface area contributed by atoms with Crippen LogP contribution >= 0.6 is 0 Å². The second-order valence-electron chi connectivity index (χ2n) is 4.37. The van der Waals surface area contributed by atoms with Crippen LogP contribution in [0, 0.1) is 0 Å². The molecule has 1 rings (SSSR count). The molecule has 0 N–H and O–H groups in total.